The number of rotatable bonds is 3. The highest BCUT2D eigenvalue weighted by Crippen LogP contribution is 2.25. The van der Waals surface area contributed by atoms with Crippen LogP contribution in [0.2, 0.25) is 5.02 Å². The molecule has 26 heavy (non-hydrogen) atoms. The Morgan fingerprint density at radius 3 is 2.65 bits per heavy atom. The number of nitrogens with zero attached hydrogens (tertiary/aromatic N) is 4. The Kier molecular flexibility index (Phi) is 4.69. The minimum absolute atomic E-state index is 0.110. The third-order valence-corrected chi connectivity index (χ3v) is 4.62. The molecule has 2 heterocycles. The van der Waals surface area contributed by atoms with E-state index < -0.39 is 0 Å². The summed E-state index contributed by atoms with van der Waals surface area (Å²) < 4.78 is 7.41. The fourth-order valence-corrected chi connectivity index (χ4v) is 3.14. The molecule has 0 bridgehead atoms. The molecule has 1 saturated heterocycles. The fraction of sp³-hybridized carbons (Fsp3) is 0.211. The Morgan fingerprint density at radius 2 is 1.88 bits per heavy atom. The number of hydrogen-bond acceptors (Lipinski definition) is 4. The Hall–Kier alpha value is -2.70. The highest BCUT2D eigenvalue weighted by atomic mass is 35.5. The van der Waals surface area contributed by atoms with Crippen molar-refractivity contribution in [2.24, 2.45) is 0 Å². The van der Waals surface area contributed by atoms with Crippen molar-refractivity contribution in [1.29, 1.82) is 0 Å². The van der Waals surface area contributed by atoms with Crippen molar-refractivity contribution in [3.8, 4) is 5.69 Å². The number of carbonyl (C=O) groups excluding carboxylic acids is 1. The van der Waals surface area contributed by atoms with Gasteiger partial charge in [0.1, 0.15) is 6.10 Å². The Labute approximate surface area is 155 Å². The molecule has 1 amide bonds. The maximum atomic E-state index is 13.0. The molecule has 0 spiro atoms. The Balaban J connectivity index is 1.55. The van der Waals surface area contributed by atoms with Crippen LogP contribution < -0.4 is 0 Å². The summed E-state index contributed by atoms with van der Waals surface area (Å²) in [7, 11) is 0. The summed E-state index contributed by atoms with van der Waals surface area (Å²) in [6.07, 6.45) is 1.33. The number of benzene rings is 2. The Bertz CT molecular complexity index is 895. The van der Waals surface area contributed by atoms with Crippen LogP contribution in [0.3, 0.4) is 0 Å². The third-order valence-electron chi connectivity index (χ3n) is 4.36. The summed E-state index contributed by atoms with van der Waals surface area (Å²) in [4.78, 5) is 14.8. The first-order valence-corrected chi connectivity index (χ1v) is 8.72. The lowest BCUT2D eigenvalue weighted by atomic mass is 10.1. The molecule has 0 aliphatic carbocycles. The minimum atomic E-state index is -0.175. The zero-order chi connectivity index (χ0) is 17.9. The van der Waals surface area contributed by atoms with Crippen LogP contribution in [0, 0.1) is 0 Å². The predicted molar refractivity (Wildman–Crippen MR) is 97.4 cm³/mol. The SMILES string of the molecule is O=C(c1cnnn1-c1ccccc1)N1CCOC(c2ccc(Cl)cc2)C1. The van der Waals surface area contributed by atoms with Crippen LogP contribution in [0.4, 0.5) is 0 Å². The number of hydrogen-bond donors (Lipinski definition) is 0. The summed E-state index contributed by atoms with van der Waals surface area (Å²) in [5.74, 6) is -0.110. The van der Waals surface area contributed by atoms with Crippen LogP contribution in [-0.2, 0) is 4.74 Å². The standard InChI is InChI=1S/C19H17ClN4O2/c20-15-8-6-14(7-9-15)18-13-23(10-11-26-18)19(25)17-12-21-22-24(17)16-4-2-1-3-5-16/h1-9,12,18H,10-11,13H2. The van der Waals surface area contributed by atoms with Gasteiger partial charge in [-0.2, -0.15) is 0 Å². The average Bonchev–Trinajstić information content (AvgIpc) is 3.18. The molecule has 1 aromatic heterocycles. The van der Waals surface area contributed by atoms with Gasteiger partial charge in [-0.1, -0.05) is 47.1 Å². The largest absolute Gasteiger partial charge is 0.370 e. The topological polar surface area (TPSA) is 60.2 Å². The van der Waals surface area contributed by atoms with Gasteiger partial charge in [0.2, 0.25) is 0 Å². The molecule has 132 valence electrons. The van der Waals surface area contributed by atoms with Crippen molar-refractivity contribution in [1.82, 2.24) is 19.9 Å². The van der Waals surface area contributed by atoms with E-state index in [-0.39, 0.29) is 12.0 Å². The van der Waals surface area contributed by atoms with Crippen LogP contribution in [0.1, 0.15) is 22.2 Å². The van der Waals surface area contributed by atoms with Crippen LogP contribution >= 0.6 is 11.6 Å². The molecule has 0 radical (unpaired) electrons. The van der Waals surface area contributed by atoms with Gasteiger partial charge in [-0.15, -0.1) is 5.10 Å². The van der Waals surface area contributed by atoms with Gasteiger partial charge in [0.25, 0.3) is 5.91 Å². The lowest BCUT2D eigenvalue weighted by Gasteiger charge is -2.33. The van der Waals surface area contributed by atoms with E-state index in [9.17, 15) is 4.79 Å². The number of morpholine rings is 1. The van der Waals surface area contributed by atoms with Gasteiger partial charge >= 0.3 is 0 Å². The van der Waals surface area contributed by atoms with Gasteiger partial charge in [-0.3, -0.25) is 4.79 Å². The molecule has 1 fully saturated rings. The molecular weight excluding hydrogens is 352 g/mol. The second-order valence-corrected chi connectivity index (χ2v) is 6.47. The van der Waals surface area contributed by atoms with E-state index in [1.807, 2.05) is 54.6 Å². The van der Waals surface area contributed by atoms with Gasteiger partial charge in [0.05, 0.1) is 25.0 Å². The monoisotopic (exact) mass is 368 g/mol. The van der Waals surface area contributed by atoms with Crippen molar-refractivity contribution >= 4 is 17.5 Å². The van der Waals surface area contributed by atoms with E-state index in [2.05, 4.69) is 10.3 Å². The zero-order valence-electron chi connectivity index (χ0n) is 14.0. The van der Waals surface area contributed by atoms with E-state index in [1.54, 1.807) is 9.58 Å². The number of aromatic nitrogens is 3. The van der Waals surface area contributed by atoms with E-state index >= 15 is 0 Å². The smallest absolute Gasteiger partial charge is 0.274 e. The third kappa shape index (κ3) is 3.34. The molecule has 2 aromatic carbocycles. The summed E-state index contributed by atoms with van der Waals surface area (Å²) in [6, 6.07) is 17.0. The van der Waals surface area contributed by atoms with Gasteiger partial charge in [-0.05, 0) is 29.8 Å². The average molecular weight is 369 g/mol. The van der Waals surface area contributed by atoms with Crippen molar-refractivity contribution in [2.75, 3.05) is 19.7 Å². The molecule has 3 aromatic rings. The lowest BCUT2D eigenvalue weighted by molar-refractivity contribution is -0.0231. The number of carbonyl (C=O) groups is 1. The van der Waals surface area contributed by atoms with Crippen LogP contribution in [0.25, 0.3) is 5.69 Å². The molecule has 1 unspecified atom stereocenters. The highest BCUT2D eigenvalue weighted by molar-refractivity contribution is 6.30. The first-order valence-electron chi connectivity index (χ1n) is 8.35. The summed E-state index contributed by atoms with van der Waals surface area (Å²) in [5.41, 5.74) is 2.24. The van der Waals surface area contributed by atoms with Crippen molar-refractivity contribution in [3.63, 3.8) is 0 Å². The molecule has 0 saturated carbocycles. The van der Waals surface area contributed by atoms with Crippen LogP contribution in [0.15, 0.2) is 60.8 Å². The van der Waals surface area contributed by atoms with E-state index in [4.69, 9.17) is 16.3 Å². The van der Waals surface area contributed by atoms with Gasteiger partial charge < -0.3 is 9.64 Å². The predicted octanol–water partition coefficient (Wildman–Crippen LogP) is 3.13. The van der Waals surface area contributed by atoms with Crippen molar-refractivity contribution < 1.29 is 9.53 Å². The second kappa shape index (κ2) is 7.27. The van der Waals surface area contributed by atoms with Crippen molar-refractivity contribution in [2.45, 2.75) is 6.10 Å². The normalized spacial score (nSPS) is 17.3. The van der Waals surface area contributed by atoms with Crippen molar-refractivity contribution in [3.05, 3.63) is 77.1 Å². The Morgan fingerprint density at radius 1 is 1.12 bits per heavy atom. The highest BCUT2D eigenvalue weighted by Gasteiger charge is 2.28. The molecule has 1 aliphatic rings. The molecule has 1 atom stereocenters. The van der Waals surface area contributed by atoms with E-state index in [1.165, 1.54) is 6.20 Å². The first kappa shape index (κ1) is 16.8. The van der Waals surface area contributed by atoms with Gasteiger partial charge in [-0.25, -0.2) is 4.68 Å². The van der Waals surface area contributed by atoms with Crippen LogP contribution in [0.5, 0.6) is 0 Å². The number of para-hydroxylation sites is 1. The maximum Gasteiger partial charge on any atom is 0.274 e. The van der Waals surface area contributed by atoms with E-state index in [0.29, 0.717) is 30.4 Å². The summed E-state index contributed by atoms with van der Waals surface area (Å²) in [6.45, 7) is 1.48. The quantitative estimate of drug-likeness (QED) is 0.712. The van der Waals surface area contributed by atoms with Gasteiger partial charge in [0.15, 0.2) is 5.69 Å². The second-order valence-electron chi connectivity index (χ2n) is 6.03. The maximum absolute atomic E-state index is 13.0. The fourth-order valence-electron chi connectivity index (χ4n) is 3.02. The molecule has 6 nitrogen and oxygen atoms in total. The van der Waals surface area contributed by atoms with Gasteiger partial charge in [0, 0.05) is 11.6 Å². The first-order chi connectivity index (χ1) is 12.7. The number of halogens is 1. The number of amides is 1. The molecule has 7 heteroatoms. The molecule has 0 N–H and O–H groups in total. The van der Waals surface area contributed by atoms with Crippen LogP contribution in [-0.4, -0.2) is 45.5 Å². The molecular formula is C19H17ClN4O2. The zero-order valence-corrected chi connectivity index (χ0v) is 14.7. The van der Waals surface area contributed by atoms with E-state index in [0.717, 1.165) is 11.3 Å². The molecule has 4 rings (SSSR count). The minimum Gasteiger partial charge on any atom is -0.370 e. The number of ether oxygens (including phenoxy) is 1. The molecule has 1 aliphatic heterocycles. The summed E-state index contributed by atoms with van der Waals surface area (Å²) in [5, 5.41) is 8.66. The lowest BCUT2D eigenvalue weighted by Crippen LogP contribution is -2.42. The summed E-state index contributed by atoms with van der Waals surface area (Å²) >= 11 is 5.95.